The molecule has 1 aromatic heterocycles. The second kappa shape index (κ2) is 6.04. The minimum absolute atomic E-state index is 0.473. The number of halogens is 1. The molecule has 4 nitrogen and oxygen atoms in total. The van der Waals surface area contributed by atoms with E-state index in [1.165, 1.54) is 0 Å². The summed E-state index contributed by atoms with van der Waals surface area (Å²) in [4.78, 5) is 8.70. The van der Waals surface area contributed by atoms with Gasteiger partial charge in [0.05, 0.1) is 0 Å². The quantitative estimate of drug-likeness (QED) is 0.814. The van der Waals surface area contributed by atoms with Crippen molar-refractivity contribution in [3.63, 3.8) is 0 Å². The average Bonchev–Trinajstić information content (AvgIpc) is 2.41. The van der Waals surface area contributed by atoms with Gasteiger partial charge >= 0.3 is 0 Å². The van der Waals surface area contributed by atoms with Crippen LogP contribution in [0.25, 0.3) is 11.4 Å². The number of hydrogen-bond donors (Lipinski definition) is 0. The van der Waals surface area contributed by atoms with Crippen LogP contribution in [0.2, 0.25) is 0 Å². The van der Waals surface area contributed by atoms with Gasteiger partial charge in [-0.15, -0.1) is 0 Å². The maximum absolute atomic E-state index is 5.18. The minimum Gasteiger partial charge on any atom is -0.350 e. The summed E-state index contributed by atoms with van der Waals surface area (Å²) in [7, 11) is 3.16. The molecule has 2 rings (SSSR count). The van der Waals surface area contributed by atoms with Crippen molar-refractivity contribution in [3.8, 4) is 11.4 Å². The molecule has 0 saturated carbocycles. The maximum Gasteiger partial charge on any atom is 0.200 e. The SMILES string of the molecule is COC(OC)c1ccnc(-c2cccc(Br)c2)n1. The molecule has 0 radical (unpaired) electrons. The van der Waals surface area contributed by atoms with Crippen molar-refractivity contribution in [2.24, 2.45) is 0 Å². The van der Waals surface area contributed by atoms with Gasteiger partial charge in [-0.1, -0.05) is 28.1 Å². The Labute approximate surface area is 114 Å². The van der Waals surface area contributed by atoms with E-state index in [0.717, 1.165) is 10.0 Å². The first-order valence-electron chi connectivity index (χ1n) is 5.39. The second-order valence-corrected chi connectivity index (χ2v) is 4.53. The topological polar surface area (TPSA) is 44.2 Å². The molecule has 1 aromatic carbocycles. The Balaban J connectivity index is 2.38. The van der Waals surface area contributed by atoms with Gasteiger partial charge in [0.1, 0.15) is 5.69 Å². The molecule has 0 aliphatic carbocycles. The van der Waals surface area contributed by atoms with Gasteiger partial charge in [0, 0.05) is 30.5 Å². The lowest BCUT2D eigenvalue weighted by atomic mass is 10.2. The fourth-order valence-corrected chi connectivity index (χ4v) is 2.01. The third-order valence-electron chi connectivity index (χ3n) is 2.43. The molecule has 0 aliphatic heterocycles. The lowest BCUT2D eigenvalue weighted by molar-refractivity contribution is -0.108. The zero-order valence-electron chi connectivity index (χ0n) is 10.1. The summed E-state index contributed by atoms with van der Waals surface area (Å²) in [5.41, 5.74) is 1.64. The third-order valence-corrected chi connectivity index (χ3v) is 2.92. The van der Waals surface area contributed by atoms with E-state index in [1.807, 2.05) is 24.3 Å². The molecule has 0 aliphatic rings. The summed E-state index contributed by atoms with van der Waals surface area (Å²) in [6.07, 6.45) is 1.22. The van der Waals surface area contributed by atoms with Gasteiger partial charge < -0.3 is 9.47 Å². The molecular formula is C13H13BrN2O2. The van der Waals surface area contributed by atoms with Crippen LogP contribution in [0, 0.1) is 0 Å². The van der Waals surface area contributed by atoms with Crippen molar-refractivity contribution in [3.05, 3.63) is 46.7 Å². The Bertz CT molecular complexity index is 530. The summed E-state index contributed by atoms with van der Waals surface area (Å²) in [6, 6.07) is 9.60. The molecule has 0 saturated heterocycles. The van der Waals surface area contributed by atoms with Crippen LogP contribution >= 0.6 is 15.9 Å². The largest absolute Gasteiger partial charge is 0.350 e. The van der Waals surface area contributed by atoms with Crippen LogP contribution in [0.15, 0.2) is 41.0 Å². The summed E-state index contributed by atoms with van der Waals surface area (Å²) in [5.74, 6) is 0.646. The molecule has 0 bridgehead atoms. The first kappa shape index (κ1) is 13.1. The Kier molecular flexibility index (Phi) is 4.41. The van der Waals surface area contributed by atoms with E-state index in [-0.39, 0.29) is 0 Å². The molecule has 0 unspecified atom stereocenters. The van der Waals surface area contributed by atoms with Crippen LogP contribution in [-0.2, 0) is 9.47 Å². The van der Waals surface area contributed by atoms with E-state index in [4.69, 9.17) is 9.47 Å². The number of hydrogen-bond acceptors (Lipinski definition) is 4. The fourth-order valence-electron chi connectivity index (χ4n) is 1.61. The van der Waals surface area contributed by atoms with Crippen molar-refractivity contribution < 1.29 is 9.47 Å². The predicted molar refractivity (Wildman–Crippen MR) is 71.9 cm³/mol. The number of benzene rings is 1. The van der Waals surface area contributed by atoms with Crippen LogP contribution < -0.4 is 0 Å². The molecule has 0 N–H and O–H groups in total. The minimum atomic E-state index is -0.473. The van der Waals surface area contributed by atoms with Crippen molar-refractivity contribution >= 4 is 15.9 Å². The molecule has 0 fully saturated rings. The highest BCUT2D eigenvalue weighted by atomic mass is 79.9. The van der Waals surface area contributed by atoms with Gasteiger partial charge in [0.15, 0.2) is 5.82 Å². The van der Waals surface area contributed by atoms with Crippen molar-refractivity contribution in [1.82, 2.24) is 9.97 Å². The van der Waals surface area contributed by atoms with Crippen LogP contribution in [0.1, 0.15) is 12.0 Å². The Morgan fingerprint density at radius 3 is 2.61 bits per heavy atom. The van der Waals surface area contributed by atoms with E-state index < -0.39 is 6.29 Å². The van der Waals surface area contributed by atoms with Gasteiger partial charge in [-0.25, -0.2) is 9.97 Å². The Morgan fingerprint density at radius 2 is 1.94 bits per heavy atom. The number of aromatic nitrogens is 2. The normalized spacial score (nSPS) is 10.9. The lowest BCUT2D eigenvalue weighted by Gasteiger charge is -2.13. The van der Waals surface area contributed by atoms with Crippen LogP contribution in [0.5, 0.6) is 0 Å². The maximum atomic E-state index is 5.18. The highest BCUT2D eigenvalue weighted by Gasteiger charge is 2.12. The summed E-state index contributed by atoms with van der Waals surface area (Å²) < 4.78 is 11.3. The molecule has 2 aromatic rings. The van der Waals surface area contributed by atoms with Crippen molar-refractivity contribution in [2.45, 2.75) is 6.29 Å². The van der Waals surface area contributed by atoms with Gasteiger partial charge in [-0.3, -0.25) is 0 Å². The Hall–Kier alpha value is -1.30. The monoisotopic (exact) mass is 308 g/mol. The van der Waals surface area contributed by atoms with Crippen LogP contribution in [-0.4, -0.2) is 24.2 Å². The number of methoxy groups -OCH3 is 2. The predicted octanol–water partition coefficient (Wildman–Crippen LogP) is 3.20. The molecule has 0 atom stereocenters. The van der Waals surface area contributed by atoms with E-state index in [2.05, 4.69) is 25.9 Å². The molecule has 94 valence electrons. The zero-order chi connectivity index (χ0) is 13.0. The fraction of sp³-hybridized carbons (Fsp3) is 0.231. The smallest absolute Gasteiger partial charge is 0.200 e. The summed E-state index contributed by atoms with van der Waals surface area (Å²) in [6.45, 7) is 0. The Morgan fingerprint density at radius 1 is 1.17 bits per heavy atom. The van der Waals surface area contributed by atoms with Gasteiger partial charge in [-0.05, 0) is 18.2 Å². The summed E-state index contributed by atoms with van der Waals surface area (Å²) in [5, 5.41) is 0. The van der Waals surface area contributed by atoms with Gasteiger partial charge in [0.2, 0.25) is 6.29 Å². The summed E-state index contributed by atoms with van der Waals surface area (Å²) >= 11 is 3.43. The standard InChI is InChI=1S/C13H13BrN2O2/c1-17-13(18-2)11-6-7-15-12(16-11)9-4-3-5-10(14)8-9/h3-8,13H,1-2H3. The van der Waals surface area contributed by atoms with E-state index in [9.17, 15) is 0 Å². The highest BCUT2D eigenvalue weighted by molar-refractivity contribution is 9.10. The number of nitrogens with zero attached hydrogens (tertiary/aromatic N) is 2. The first-order valence-corrected chi connectivity index (χ1v) is 6.18. The van der Waals surface area contributed by atoms with E-state index in [0.29, 0.717) is 11.5 Å². The first-order chi connectivity index (χ1) is 8.74. The van der Waals surface area contributed by atoms with Crippen molar-refractivity contribution in [2.75, 3.05) is 14.2 Å². The van der Waals surface area contributed by atoms with Crippen LogP contribution in [0.3, 0.4) is 0 Å². The van der Waals surface area contributed by atoms with Gasteiger partial charge in [-0.2, -0.15) is 0 Å². The number of ether oxygens (including phenoxy) is 2. The third kappa shape index (κ3) is 2.93. The average molecular weight is 309 g/mol. The van der Waals surface area contributed by atoms with E-state index in [1.54, 1.807) is 26.5 Å². The zero-order valence-corrected chi connectivity index (χ0v) is 11.7. The molecule has 1 heterocycles. The number of rotatable bonds is 4. The molecule has 18 heavy (non-hydrogen) atoms. The molecule has 5 heteroatoms. The van der Waals surface area contributed by atoms with E-state index >= 15 is 0 Å². The molecule has 0 amide bonds. The van der Waals surface area contributed by atoms with Crippen molar-refractivity contribution in [1.29, 1.82) is 0 Å². The van der Waals surface area contributed by atoms with Crippen LogP contribution in [0.4, 0.5) is 0 Å². The molecular weight excluding hydrogens is 296 g/mol. The second-order valence-electron chi connectivity index (χ2n) is 3.62. The lowest BCUT2D eigenvalue weighted by Crippen LogP contribution is -2.07. The molecule has 0 spiro atoms. The highest BCUT2D eigenvalue weighted by Crippen LogP contribution is 2.22. The van der Waals surface area contributed by atoms with Gasteiger partial charge in [0.25, 0.3) is 0 Å².